The SMILES string of the molecule is COc1ccc(C(=O)[C@@H]2[C@@H]3C(=O)N(c4ccc5c(c4)OCCO5)C(=O)[C@@H]3[C@@H]3c4ccccc4C=NN23)cc1. The van der Waals surface area contributed by atoms with Crippen LogP contribution in [0, 0.1) is 11.8 Å². The Labute approximate surface area is 218 Å². The molecule has 0 spiro atoms. The zero-order valence-electron chi connectivity index (χ0n) is 20.4. The molecule has 0 bridgehead atoms. The van der Waals surface area contributed by atoms with E-state index in [2.05, 4.69) is 5.10 Å². The molecule has 2 saturated heterocycles. The molecule has 0 saturated carbocycles. The number of Topliss-reactive ketones (excluding diaryl/α,β-unsaturated/α-hetero) is 1. The summed E-state index contributed by atoms with van der Waals surface area (Å²) >= 11 is 0. The highest BCUT2D eigenvalue weighted by Crippen LogP contribution is 2.53. The number of hydrazone groups is 1. The van der Waals surface area contributed by atoms with Gasteiger partial charge in [-0.3, -0.25) is 19.4 Å². The van der Waals surface area contributed by atoms with E-state index in [1.54, 1.807) is 60.8 Å². The van der Waals surface area contributed by atoms with Crippen molar-refractivity contribution in [3.63, 3.8) is 0 Å². The molecular formula is C29H23N3O6. The lowest BCUT2D eigenvalue weighted by Crippen LogP contribution is -2.44. The molecule has 9 heteroatoms. The Morgan fingerprint density at radius 3 is 2.45 bits per heavy atom. The average Bonchev–Trinajstić information content (AvgIpc) is 3.44. The summed E-state index contributed by atoms with van der Waals surface area (Å²) in [6, 6.07) is 17.9. The minimum atomic E-state index is -0.943. The first-order valence-electron chi connectivity index (χ1n) is 12.4. The van der Waals surface area contributed by atoms with Crippen LogP contribution < -0.4 is 19.1 Å². The number of rotatable bonds is 4. The molecule has 7 rings (SSSR count). The van der Waals surface area contributed by atoms with E-state index in [-0.39, 0.29) is 11.7 Å². The van der Waals surface area contributed by atoms with Gasteiger partial charge >= 0.3 is 0 Å². The summed E-state index contributed by atoms with van der Waals surface area (Å²) in [7, 11) is 1.55. The molecule has 4 aliphatic rings. The lowest BCUT2D eigenvalue weighted by molar-refractivity contribution is -0.124. The summed E-state index contributed by atoms with van der Waals surface area (Å²) in [6.45, 7) is 0.818. The number of methoxy groups -OCH3 is 1. The van der Waals surface area contributed by atoms with Crippen molar-refractivity contribution in [2.24, 2.45) is 16.9 Å². The molecule has 4 aliphatic heterocycles. The molecule has 4 heterocycles. The van der Waals surface area contributed by atoms with E-state index in [4.69, 9.17) is 14.2 Å². The molecule has 2 fully saturated rings. The number of ether oxygens (including phenoxy) is 3. The van der Waals surface area contributed by atoms with Gasteiger partial charge in [-0.2, -0.15) is 5.10 Å². The lowest BCUT2D eigenvalue weighted by atomic mass is 9.83. The fraction of sp³-hybridized carbons (Fsp3) is 0.241. The number of fused-ring (bicyclic) bond motifs is 6. The zero-order valence-corrected chi connectivity index (χ0v) is 20.4. The normalized spacial score (nSPS) is 24.7. The number of imide groups is 1. The first-order chi connectivity index (χ1) is 18.6. The Morgan fingerprint density at radius 1 is 0.921 bits per heavy atom. The van der Waals surface area contributed by atoms with Crippen LogP contribution >= 0.6 is 0 Å². The van der Waals surface area contributed by atoms with Crippen LogP contribution in [0.1, 0.15) is 27.5 Å². The van der Waals surface area contributed by atoms with Crippen LogP contribution in [-0.2, 0) is 9.59 Å². The first kappa shape index (κ1) is 22.5. The van der Waals surface area contributed by atoms with Crippen molar-refractivity contribution in [3.8, 4) is 17.2 Å². The predicted octanol–water partition coefficient (Wildman–Crippen LogP) is 3.23. The summed E-state index contributed by atoms with van der Waals surface area (Å²) < 4.78 is 16.5. The second kappa shape index (κ2) is 8.44. The Balaban J connectivity index is 1.33. The molecule has 4 atom stereocenters. The Kier molecular flexibility index (Phi) is 5.01. The Hall–Kier alpha value is -4.66. The van der Waals surface area contributed by atoms with Gasteiger partial charge in [0.05, 0.1) is 36.9 Å². The van der Waals surface area contributed by atoms with Crippen molar-refractivity contribution < 1.29 is 28.6 Å². The number of anilines is 1. The number of benzene rings is 3. The smallest absolute Gasteiger partial charge is 0.240 e. The van der Waals surface area contributed by atoms with Crippen LogP contribution in [0.5, 0.6) is 17.2 Å². The zero-order chi connectivity index (χ0) is 26.0. The fourth-order valence-electron chi connectivity index (χ4n) is 6.02. The Bertz CT molecular complexity index is 1520. The highest BCUT2D eigenvalue weighted by Gasteiger charge is 2.65. The quantitative estimate of drug-likeness (QED) is 0.394. The van der Waals surface area contributed by atoms with Crippen LogP contribution in [-0.4, -0.2) is 55.2 Å². The minimum Gasteiger partial charge on any atom is -0.497 e. The number of amides is 2. The number of nitrogens with zero attached hydrogens (tertiary/aromatic N) is 3. The van der Waals surface area contributed by atoms with E-state index in [0.717, 1.165) is 11.1 Å². The van der Waals surface area contributed by atoms with Crippen LogP contribution in [0.2, 0.25) is 0 Å². The summed E-state index contributed by atoms with van der Waals surface area (Å²) in [5.41, 5.74) is 2.55. The molecule has 3 aromatic carbocycles. The molecule has 190 valence electrons. The van der Waals surface area contributed by atoms with E-state index < -0.39 is 29.8 Å². The molecule has 0 aliphatic carbocycles. The summed E-state index contributed by atoms with van der Waals surface area (Å²) in [5.74, 6) is -1.08. The van der Waals surface area contributed by atoms with E-state index >= 15 is 0 Å². The van der Waals surface area contributed by atoms with Crippen LogP contribution in [0.4, 0.5) is 5.69 Å². The van der Waals surface area contributed by atoms with E-state index in [1.807, 2.05) is 24.3 Å². The number of hydrogen-bond acceptors (Lipinski definition) is 8. The summed E-state index contributed by atoms with van der Waals surface area (Å²) in [4.78, 5) is 43.3. The van der Waals surface area contributed by atoms with Gasteiger partial charge in [0.2, 0.25) is 11.8 Å². The molecule has 0 aromatic heterocycles. The predicted molar refractivity (Wildman–Crippen MR) is 137 cm³/mol. The number of ketones is 1. The van der Waals surface area contributed by atoms with Crippen molar-refractivity contribution in [1.82, 2.24) is 5.01 Å². The van der Waals surface area contributed by atoms with Gasteiger partial charge in [-0.25, -0.2) is 4.90 Å². The third kappa shape index (κ3) is 3.17. The fourth-order valence-corrected chi connectivity index (χ4v) is 6.02. The van der Waals surface area contributed by atoms with Crippen molar-refractivity contribution in [1.29, 1.82) is 0 Å². The van der Waals surface area contributed by atoms with Crippen LogP contribution in [0.15, 0.2) is 71.8 Å². The third-order valence-electron chi connectivity index (χ3n) is 7.72. The number of hydrogen-bond donors (Lipinski definition) is 0. The molecule has 9 nitrogen and oxygen atoms in total. The van der Waals surface area contributed by atoms with Gasteiger partial charge in [-0.05, 0) is 47.5 Å². The first-order valence-corrected chi connectivity index (χ1v) is 12.4. The standard InChI is InChI=1S/C29H23N3O6/c1-36-19-9-6-16(7-10-19)27(33)26-24-23(25-20-5-3-2-4-17(20)15-30-32(25)26)28(34)31(29(24)35)18-8-11-21-22(14-18)38-13-12-37-21/h2-11,14-15,23-26H,12-13H2,1H3/t23-,24+,25-,26-/m0/s1. The monoisotopic (exact) mass is 509 g/mol. The number of carbonyl (C=O) groups is 3. The third-order valence-corrected chi connectivity index (χ3v) is 7.72. The Morgan fingerprint density at radius 2 is 1.66 bits per heavy atom. The number of carbonyl (C=O) groups excluding carboxylic acids is 3. The van der Waals surface area contributed by atoms with Gasteiger partial charge < -0.3 is 14.2 Å². The molecule has 0 unspecified atom stereocenters. The molecule has 3 aromatic rings. The lowest BCUT2D eigenvalue weighted by Gasteiger charge is -2.34. The van der Waals surface area contributed by atoms with Gasteiger partial charge in [-0.15, -0.1) is 0 Å². The average molecular weight is 510 g/mol. The van der Waals surface area contributed by atoms with Gasteiger partial charge in [0.1, 0.15) is 25.0 Å². The molecular weight excluding hydrogens is 486 g/mol. The maximum absolute atomic E-state index is 14.1. The van der Waals surface area contributed by atoms with Gasteiger partial charge in [0, 0.05) is 11.6 Å². The molecule has 0 N–H and O–H groups in total. The van der Waals surface area contributed by atoms with Crippen molar-refractivity contribution >= 4 is 29.5 Å². The molecule has 38 heavy (non-hydrogen) atoms. The van der Waals surface area contributed by atoms with Crippen molar-refractivity contribution in [2.75, 3.05) is 25.2 Å². The topological polar surface area (TPSA) is 97.7 Å². The highest BCUT2D eigenvalue weighted by molar-refractivity contribution is 6.24. The van der Waals surface area contributed by atoms with Crippen LogP contribution in [0.25, 0.3) is 0 Å². The van der Waals surface area contributed by atoms with Crippen molar-refractivity contribution in [3.05, 3.63) is 83.4 Å². The maximum Gasteiger partial charge on any atom is 0.240 e. The highest BCUT2D eigenvalue weighted by atomic mass is 16.6. The molecule has 0 radical (unpaired) electrons. The second-order valence-corrected chi connectivity index (χ2v) is 9.63. The van der Waals surface area contributed by atoms with E-state index in [1.165, 1.54) is 4.90 Å². The maximum atomic E-state index is 14.1. The molecule has 2 amide bonds. The van der Waals surface area contributed by atoms with E-state index in [0.29, 0.717) is 41.7 Å². The van der Waals surface area contributed by atoms with Crippen LogP contribution in [0.3, 0.4) is 0 Å². The minimum absolute atomic E-state index is 0.271. The summed E-state index contributed by atoms with van der Waals surface area (Å²) in [6.07, 6.45) is 1.69. The summed E-state index contributed by atoms with van der Waals surface area (Å²) in [5, 5.41) is 6.26. The van der Waals surface area contributed by atoms with Gasteiger partial charge in [-0.1, -0.05) is 24.3 Å². The largest absolute Gasteiger partial charge is 0.497 e. The van der Waals surface area contributed by atoms with Crippen molar-refractivity contribution in [2.45, 2.75) is 12.1 Å². The van der Waals surface area contributed by atoms with Gasteiger partial charge in [0.15, 0.2) is 17.3 Å². The van der Waals surface area contributed by atoms with E-state index in [9.17, 15) is 14.4 Å². The van der Waals surface area contributed by atoms with Gasteiger partial charge in [0.25, 0.3) is 0 Å². The second-order valence-electron chi connectivity index (χ2n) is 9.63.